The first kappa shape index (κ1) is 14.8. The maximum atomic E-state index is 6.20. The van der Waals surface area contributed by atoms with Gasteiger partial charge >= 0.3 is 0 Å². The number of para-hydroxylation sites is 1. The SMILES string of the molecule is Nc1cc(-c2ccccc2)cc(-c2ccc3oc4ccccc4c3c2)c1. The summed E-state index contributed by atoms with van der Waals surface area (Å²) in [6, 6.07) is 31.0. The normalized spacial score (nSPS) is 11.2. The lowest BCUT2D eigenvalue weighted by molar-refractivity contribution is 0.669. The molecule has 0 fully saturated rings. The summed E-state index contributed by atoms with van der Waals surface area (Å²) < 4.78 is 5.94. The highest BCUT2D eigenvalue weighted by Crippen LogP contribution is 2.34. The van der Waals surface area contributed by atoms with Gasteiger partial charge in [0.05, 0.1) is 0 Å². The topological polar surface area (TPSA) is 39.2 Å². The van der Waals surface area contributed by atoms with E-state index in [0.717, 1.165) is 49.9 Å². The Balaban J connectivity index is 1.70. The third-order valence-corrected chi connectivity index (χ3v) is 4.77. The minimum atomic E-state index is 0.763. The molecule has 5 aromatic rings. The molecule has 0 spiro atoms. The minimum Gasteiger partial charge on any atom is -0.456 e. The van der Waals surface area contributed by atoms with Crippen molar-refractivity contribution in [3.8, 4) is 22.3 Å². The van der Waals surface area contributed by atoms with Gasteiger partial charge in [-0.3, -0.25) is 0 Å². The zero-order valence-electron chi connectivity index (χ0n) is 14.1. The molecule has 1 heterocycles. The van der Waals surface area contributed by atoms with Gasteiger partial charge in [0.15, 0.2) is 0 Å². The van der Waals surface area contributed by atoms with E-state index in [1.54, 1.807) is 0 Å². The van der Waals surface area contributed by atoms with Crippen LogP contribution in [0.15, 0.2) is 95.4 Å². The van der Waals surface area contributed by atoms with Gasteiger partial charge in [-0.05, 0) is 58.7 Å². The van der Waals surface area contributed by atoms with Crippen molar-refractivity contribution in [2.45, 2.75) is 0 Å². The zero-order valence-corrected chi connectivity index (χ0v) is 14.1. The quantitative estimate of drug-likeness (QED) is 0.374. The van der Waals surface area contributed by atoms with Crippen LogP contribution in [0.4, 0.5) is 5.69 Å². The van der Waals surface area contributed by atoms with Gasteiger partial charge in [0.1, 0.15) is 11.2 Å². The van der Waals surface area contributed by atoms with E-state index >= 15 is 0 Å². The molecule has 2 N–H and O–H groups in total. The molecule has 0 aliphatic heterocycles. The summed E-state index contributed by atoms with van der Waals surface area (Å²) >= 11 is 0. The van der Waals surface area contributed by atoms with E-state index in [4.69, 9.17) is 10.2 Å². The number of nitrogen functional groups attached to an aromatic ring is 1. The zero-order chi connectivity index (χ0) is 17.5. The van der Waals surface area contributed by atoms with Gasteiger partial charge in [-0.1, -0.05) is 54.6 Å². The summed E-state index contributed by atoms with van der Waals surface area (Å²) in [5.41, 5.74) is 13.3. The van der Waals surface area contributed by atoms with Crippen molar-refractivity contribution in [2.24, 2.45) is 0 Å². The van der Waals surface area contributed by atoms with Gasteiger partial charge in [-0.25, -0.2) is 0 Å². The van der Waals surface area contributed by atoms with Crippen LogP contribution >= 0.6 is 0 Å². The molecule has 0 aliphatic rings. The maximum absolute atomic E-state index is 6.20. The molecule has 0 bridgehead atoms. The van der Waals surface area contributed by atoms with Gasteiger partial charge < -0.3 is 10.2 Å². The van der Waals surface area contributed by atoms with Crippen molar-refractivity contribution in [1.29, 1.82) is 0 Å². The number of furan rings is 1. The average Bonchev–Trinajstić information content (AvgIpc) is 3.06. The number of benzene rings is 4. The first-order valence-corrected chi connectivity index (χ1v) is 8.66. The van der Waals surface area contributed by atoms with E-state index in [9.17, 15) is 0 Å². The first-order chi connectivity index (χ1) is 12.8. The standard InChI is InChI=1S/C24H17NO/c25-20-13-18(16-6-2-1-3-7-16)12-19(14-20)17-10-11-24-22(15-17)21-8-4-5-9-23(21)26-24/h1-15H,25H2. The highest BCUT2D eigenvalue weighted by molar-refractivity contribution is 6.06. The molecule has 0 atom stereocenters. The fraction of sp³-hybridized carbons (Fsp3) is 0. The molecule has 0 radical (unpaired) electrons. The van der Waals surface area contributed by atoms with Crippen LogP contribution in [0.25, 0.3) is 44.2 Å². The van der Waals surface area contributed by atoms with Gasteiger partial charge in [0, 0.05) is 16.5 Å². The van der Waals surface area contributed by atoms with E-state index < -0.39 is 0 Å². The summed E-state index contributed by atoms with van der Waals surface area (Å²) in [6.07, 6.45) is 0. The Morgan fingerprint density at radius 2 is 1.19 bits per heavy atom. The van der Waals surface area contributed by atoms with Crippen molar-refractivity contribution >= 4 is 27.6 Å². The Bertz CT molecular complexity index is 1240. The lowest BCUT2D eigenvalue weighted by atomic mass is 9.97. The lowest BCUT2D eigenvalue weighted by Gasteiger charge is -2.08. The fourth-order valence-corrected chi connectivity index (χ4v) is 3.52. The Kier molecular flexibility index (Phi) is 3.29. The molecule has 0 aliphatic carbocycles. The molecule has 26 heavy (non-hydrogen) atoms. The van der Waals surface area contributed by atoms with Crippen molar-refractivity contribution < 1.29 is 4.42 Å². The minimum absolute atomic E-state index is 0.763. The van der Waals surface area contributed by atoms with Crippen LogP contribution in [0.5, 0.6) is 0 Å². The monoisotopic (exact) mass is 335 g/mol. The third kappa shape index (κ3) is 2.44. The first-order valence-electron chi connectivity index (χ1n) is 8.66. The van der Waals surface area contributed by atoms with E-state index in [0.29, 0.717) is 0 Å². The molecular formula is C24H17NO. The van der Waals surface area contributed by atoms with Gasteiger partial charge in [-0.2, -0.15) is 0 Å². The van der Waals surface area contributed by atoms with E-state index in [1.165, 1.54) is 0 Å². The third-order valence-electron chi connectivity index (χ3n) is 4.77. The van der Waals surface area contributed by atoms with Crippen LogP contribution in [0, 0.1) is 0 Å². The van der Waals surface area contributed by atoms with Gasteiger partial charge in [0.2, 0.25) is 0 Å². The summed E-state index contributed by atoms with van der Waals surface area (Å²) in [5, 5.41) is 2.26. The summed E-state index contributed by atoms with van der Waals surface area (Å²) in [7, 11) is 0. The number of fused-ring (bicyclic) bond motifs is 3. The number of hydrogen-bond acceptors (Lipinski definition) is 2. The van der Waals surface area contributed by atoms with Crippen LogP contribution in [0.1, 0.15) is 0 Å². The van der Waals surface area contributed by atoms with Gasteiger partial charge in [0.25, 0.3) is 0 Å². The molecule has 124 valence electrons. The summed E-state index contributed by atoms with van der Waals surface area (Å²) in [4.78, 5) is 0. The predicted octanol–water partition coefficient (Wildman–Crippen LogP) is 6.50. The van der Waals surface area contributed by atoms with E-state index in [-0.39, 0.29) is 0 Å². The molecule has 5 rings (SSSR count). The van der Waals surface area contributed by atoms with E-state index in [1.807, 2.05) is 54.6 Å². The highest BCUT2D eigenvalue weighted by Gasteiger charge is 2.09. The Hall–Kier alpha value is -3.52. The second-order valence-electron chi connectivity index (χ2n) is 6.52. The molecule has 4 aromatic carbocycles. The summed E-state index contributed by atoms with van der Waals surface area (Å²) in [6.45, 7) is 0. The number of anilines is 1. The van der Waals surface area contributed by atoms with Crippen LogP contribution in [0.2, 0.25) is 0 Å². The van der Waals surface area contributed by atoms with Crippen LogP contribution in [0.3, 0.4) is 0 Å². The fourth-order valence-electron chi connectivity index (χ4n) is 3.52. The second-order valence-corrected chi connectivity index (χ2v) is 6.52. The molecule has 0 saturated heterocycles. The van der Waals surface area contributed by atoms with Crippen LogP contribution in [-0.4, -0.2) is 0 Å². The van der Waals surface area contributed by atoms with Crippen molar-refractivity contribution in [3.05, 3.63) is 91.0 Å². The predicted molar refractivity (Wildman–Crippen MR) is 109 cm³/mol. The van der Waals surface area contributed by atoms with Gasteiger partial charge in [-0.15, -0.1) is 0 Å². The molecule has 0 amide bonds. The molecule has 0 saturated carbocycles. The van der Waals surface area contributed by atoms with Crippen LogP contribution < -0.4 is 5.73 Å². The number of rotatable bonds is 2. The van der Waals surface area contributed by atoms with Crippen molar-refractivity contribution in [1.82, 2.24) is 0 Å². The smallest absolute Gasteiger partial charge is 0.135 e. The Morgan fingerprint density at radius 3 is 2.04 bits per heavy atom. The van der Waals surface area contributed by atoms with E-state index in [2.05, 4.69) is 36.4 Å². The summed E-state index contributed by atoms with van der Waals surface area (Å²) in [5.74, 6) is 0. The van der Waals surface area contributed by atoms with Crippen molar-refractivity contribution in [2.75, 3.05) is 5.73 Å². The molecule has 2 nitrogen and oxygen atoms in total. The Labute approximate surface area is 151 Å². The second kappa shape index (κ2) is 5.78. The maximum Gasteiger partial charge on any atom is 0.135 e. The Morgan fingerprint density at radius 1 is 0.500 bits per heavy atom. The molecule has 0 unspecified atom stereocenters. The average molecular weight is 335 g/mol. The largest absolute Gasteiger partial charge is 0.456 e. The van der Waals surface area contributed by atoms with Crippen molar-refractivity contribution in [3.63, 3.8) is 0 Å². The number of hydrogen-bond donors (Lipinski definition) is 1. The molecular weight excluding hydrogens is 318 g/mol. The van der Waals surface area contributed by atoms with Crippen LogP contribution in [-0.2, 0) is 0 Å². The number of nitrogens with two attached hydrogens (primary N) is 1. The highest BCUT2D eigenvalue weighted by atomic mass is 16.3. The lowest BCUT2D eigenvalue weighted by Crippen LogP contribution is -1.89. The molecule has 1 aromatic heterocycles. The molecule has 2 heteroatoms.